The molecule has 13 rings (SSSR count). The van der Waals surface area contributed by atoms with E-state index in [1.807, 2.05) is 24.3 Å². The van der Waals surface area contributed by atoms with Crippen molar-refractivity contribution in [2.75, 3.05) is 9.80 Å². The van der Waals surface area contributed by atoms with Crippen molar-refractivity contribution >= 4 is 121 Å². The van der Waals surface area contributed by atoms with Gasteiger partial charge in [-0.3, -0.25) is 0 Å². The molecule has 3 aromatic heterocycles. The predicted molar refractivity (Wildman–Crippen MR) is 290 cm³/mol. The number of nitrogens with zero attached hydrogens (tertiary/aromatic N) is 2. The number of halogens is 2. The molecule has 0 fully saturated rings. The number of hydrogen-bond donors (Lipinski definition) is 0. The Bertz CT molecular complexity index is 4010. The summed E-state index contributed by atoms with van der Waals surface area (Å²) in [4.78, 5) is 4.32. The number of rotatable bonds is 6. The average Bonchev–Trinajstić information content (AvgIpc) is 4.07. The van der Waals surface area contributed by atoms with Gasteiger partial charge in [-0.1, -0.05) is 151 Å². The molecule has 0 spiro atoms. The van der Waals surface area contributed by atoms with Gasteiger partial charge in [0.25, 0.3) is 0 Å². The smallest absolute Gasteiger partial charge is 0.159 e. The molecule has 10 aromatic carbocycles. The molecule has 0 saturated carbocycles. The average molecular weight is 931 g/mol. The first-order valence-corrected chi connectivity index (χ1v) is 24.1. The van der Waals surface area contributed by atoms with E-state index in [0.717, 1.165) is 121 Å². The SMILES string of the molecule is CC(C)(C)c1cccc2c1oc1c(N(c3ccc(F)cc3)c3cc4oc5cc(N(c6ccc(F)cc6)c6cccc7c6oc6c(C(C)(C)C)cccc67)c6ccccc6c5c4c4ccccc34)cccc12. The molecule has 0 radical (unpaired) electrons. The van der Waals surface area contributed by atoms with Crippen LogP contribution in [-0.4, -0.2) is 0 Å². The van der Waals surface area contributed by atoms with Crippen LogP contribution >= 0.6 is 0 Å². The summed E-state index contributed by atoms with van der Waals surface area (Å²) in [5.74, 6) is -0.654. The maximum atomic E-state index is 14.8. The zero-order valence-corrected chi connectivity index (χ0v) is 40.2. The molecule has 0 amide bonds. The Morgan fingerprint density at radius 1 is 0.324 bits per heavy atom. The minimum Gasteiger partial charge on any atom is -0.456 e. The molecule has 7 heteroatoms. The molecule has 13 aromatic rings. The molecule has 3 heterocycles. The molecule has 0 bridgehead atoms. The van der Waals surface area contributed by atoms with Crippen molar-refractivity contribution in [1.29, 1.82) is 0 Å². The largest absolute Gasteiger partial charge is 0.456 e. The highest BCUT2D eigenvalue weighted by Gasteiger charge is 2.29. The normalized spacial score (nSPS) is 12.5. The Labute approximate surface area is 408 Å². The van der Waals surface area contributed by atoms with Gasteiger partial charge in [-0.2, -0.15) is 0 Å². The molecule has 5 nitrogen and oxygen atoms in total. The van der Waals surface area contributed by atoms with Crippen LogP contribution < -0.4 is 9.80 Å². The summed E-state index contributed by atoms with van der Waals surface area (Å²) in [7, 11) is 0. The van der Waals surface area contributed by atoms with Crippen LogP contribution in [-0.2, 0) is 10.8 Å². The van der Waals surface area contributed by atoms with E-state index in [1.165, 1.54) is 24.3 Å². The van der Waals surface area contributed by atoms with Crippen LogP contribution in [0.2, 0.25) is 0 Å². The molecular formula is C64H48F2N2O3. The highest BCUT2D eigenvalue weighted by molar-refractivity contribution is 6.30. The second kappa shape index (κ2) is 15.5. The van der Waals surface area contributed by atoms with Crippen molar-refractivity contribution in [3.05, 3.63) is 205 Å². The molecule has 0 aliphatic rings. The molecular weight excluding hydrogens is 883 g/mol. The van der Waals surface area contributed by atoms with E-state index in [1.54, 1.807) is 0 Å². The van der Waals surface area contributed by atoms with E-state index >= 15 is 0 Å². The van der Waals surface area contributed by atoms with Crippen LogP contribution in [0.25, 0.3) is 87.4 Å². The highest BCUT2D eigenvalue weighted by atomic mass is 19.1. The lowest BCUT2D eigenvalue weighted by Crippen LogP contribution is -2.11. The summed E-state index contributed by atoms with van der Waals surface area (Å²) in [6.07, 6.45) is 0. The van der Waals surface area contributed by atoms with Crippen molar-refractivity contribution in [1.82, 2.24) is 0 Å². The second-order valence-electron chi connectivity index (χ2n) is 20.7. The minimum absolute atomic E-state index is 0.163. The highest BCUT2D eigenvalue weighted by Crippen LogP contribution is 2.52. The topological polar surface area (TPSA) is 45.9 Å². The Morgan fingerprint density at radius 2 is 0.662 bits per heavy atom. The third-order valence-electron chi connectivity index (χ3n) is 14.2. The van der Waals surface area contributed by atoms with Gasteiger partial charge in [0.2, 0.25) is 0 Å². The number of hydrogen-bond acceptors (Lipinski definition) is 5. The first kappa shape index (κ1) is 42.7. The Morgan fingerprint density at radius 3 is 1.04 bits per heavy atom. The third-order valence-corrected chi connectivity index (χ3v) is 14.2. The van der Waals surface area contributed by atoms with E-state index in [0.29, 0.717) is 11.2 Å². The maximum Gasteiger partial charge on any atom is 0.159 e. The van der Waals surface area contributed by atoms with Crippen LogP contribution in [0.4, 0.5) is 42.9 Å². The zero-order chi connectivity index (χ0) is 48.5. The molecule has 0 aliphatic carbocycles. The van der Waals surface area contributed by atoms with Crippen molar-refractivity contribution in [3.8, 4) is 0 Å². The quantitative estimate of drug-likeness (QED) is 0.166. The first-order chi connectivity index (χ1) is 34.3. The molecule has 0 aliphatic heterocycles. The molecule has 71 heavy (non-hydrogen) atoms. The fourth-order valence-corrected chi connectivity index (χ4v) is 11.0. The first-order valence-electron chi connectivity index (χ1n) is 24.1. The molecule has 0 N–H and O–H groups in total. The van der Waals surface area contributed by atoms with Crippen LogP contribution in [0.3, 0.4) is 0 Å². The Balaban J connectivity index is 1.09. The number of anilines is 6. The number of furan rings is 3. The van der Waals surface area contributed by atoms with Crippen LogP contribution in [0.15, 0.2) is 195 Å². The van der Waals surface area contributed by atoms with Gasteiger partial charge in [-0.25, -0.2) is 8.78 Å². The van der Waals surface area contributed by atoms with E-state index in [2.05, 4.69) is 185 Å². The van der Waals surface area contributed by atoms with Crippen molar-refractivity contribution in [2.24, 2.45) is 0 Å². The third kappa shape index (κ3) is 6.63. The van der Waals surface area contributed by atoms with Gasteiger partial charge in [0.1, 0.15) is 34.0 Å². The number of para-hydroxylation sites is 4. The molecule has 0 saturated heterocycles. The maximum absolute atomic E-state index is 14.8. The number of benzene rings is 10. The summed E-state index contributed by atoms with van der Waals surface area (Å²) >= 11 is 0. The van der Waals surface area contributed by atoms with E-state index in [-0.39, 0.29) is 22.5 Å². The summed E-state index contributed by atoms with van der Waals surface area (Å²) in [6, 6.07) is 59.5. The van der Waals surface area contributed by atoms with Crippen LogP contribution in [0.5, 0.6) is 0 Å². The van der Waals surface area contributed by atoms with Crippen molar-refractivity contribution in [3.63, 3.8) is 0 Å². The fraction of sp³-hybridized carbons (Fsp3) is 0.125. The van der Waals surface area contributed by atoms with Gasteiger partial charge in [0.15, 0.2) is 11.2 Å². The number of fused-ring (bicyclic) bond motifs is 13. The minimum atomic E-state index is -0.327. The summed E-state index contributed by atoms with van der Waals surface area (Å²) in [6.45, 7) is 13.2. The second-order valence-corrected chi connectivity index (χ2v) is 20.7. The van der Waals surface area contributed by atoms with Gasteiger partial charge in [0, 0.05) is 77.7 Å². The van der Waals surface area contributed by atoms with Crippen molar-refractivity contribution in [2.45, 2.75) is 52.4 Å². The lowest BCUT2D eigenvalue weighted by molar-refractivity contribution is 0.572. The van der Waals surface area contributed by atoms with E-state index < -0.39 is 0 Å². The fourth-order valence-electron chi connectivity index (χ4n) is 11.0. The summed E-state index contributed by atoms with van der Waals surface area (Å²) in [5.41, 5.74) is 11.2. The molecule has 0 unspecified atom stereocenters. The lowest BCUT2D eigenvalue weighted by Gasteiger charge is -2.27. The van der Waals surface area contributed by atoms with Gasteiger partial charge < -0.3 is 23.1 Å². The lowest BCUT2D eigenvalue weighted by atomic mass is 9.86. The van der Waals surface area contributed by atoms with Gasteiger partial charge in [0.05, 0.1) is 22.7 Å². The summed E-state index contributed by atoms with van der Waals surface area (Å²) < 4.78 is 50.9. The van der Waals surface area contributed by atoms with Crippen LogP contribution in [0, 0.1) is 11.6 Å². The van der Waals surface area contributed by atoms with Crippen molar-refractivity contribution < 1.29 is 22.0 Å². The van der Waals surface area contributed by atoms with E-state index in [9.17, 15) is 8.78 Å². The van der Waals surface area contributed by atoms with Gasteiger partial charge in [-0.15, -0.1) is 0 Å². The zero-order valence-electron chi connectivity index (χ0n) is 40.2. The summed E-state index contributed by atoms with van der Waals surface area (Å²) in [5, 5.41) is 9.93. The van der Waals surface area contributed by atoms with E-state index in [4.69, 9.17) is 13.3 Å². The molecule has 346 valence electrons. The Hall–Kier alpha value is -8.42. The monoisotopic (exact) mass is 930 g/mol. The predicted octanol–water partition coefficient (Wildman–Crippen LogP) is 19.5. The van der Waals surface area contributed by atoms with Gasteiger partial charge in [-0.05, 0) is 82.3 Å². The van der Waals surface area contributed by atoms with Crippen LogP contribution in [0.1, 0.15) is 52.7 Å². The Kier molecular flexibility index (Phi) is 9.34. The standard InChI is InChI=1S/C64H48F2N2O3/c1-63(2,3)49-23-11-19-45-47-21-13-25-51(61(47)70-59(45)49)67(39-31-27-37(65)28-32-39)53-35-55-57(43-17-9-7-15-41(43)53)58-44-18-10-8-16-42(44)54(36-56(58)69-55)68(40-33-29-38(66)30-34-40)52-26-14-22-48-46-20-12-24-50(64(4,5)6)60(46)71-62(48)52/h7-36H,1-6H3. The van der Waals surface area contributed by atoms with Gasteiger partial charge >= 0.3 is 0 Å². The molecule has 0 atom stereocenters.